The van der Waals surface area contributed by atoms with E-state index in [0.717, 1.165) is 6.42 Å². The Labute approximate surface area is 332 Å². The van der Waals surface area contributed by atoms with E-state index >= 15 is 0 Å². The molecule has 0 radical (unpaired) electrons. The van der Waals surface area contributed by atoms with Crippen LogP contribution in [0.1, 0.15) is 112 Å². The lowest BCUT2D eigenvalue weighted by Crippen LogP contribution is -2.65. The van der Waals surface area contributed by atoms with Gasteiger partial charge in [0, 0.05) is 19.4 Å². The van der Waals surface area contributed by atoms with Crippen molar-refractivity contribution in [1.29, 1.82) is 0 Å². The Morgan fingerprint density at radius 2 is 1.33 bits per heavy atom. The Balaban J connectivity index is 3.76. The van der Waals surface area contributed by atoms with Crippen molar-refractivity contribution in [2.45, 2.75) is 148 Å². The summed E-state index contributed by atoms with van der Waals surface area (Å²) in [5, 5.41) is 56.3. The molecule has 0 aromatic rings. The minimum absolute atomic E-state index is 0.0211. The quantitative estimate of drug-likeness (QED) is 0.0428. The molecule has 1 rings (SSSR count). The summed E-state index contributed by atoms with van der Waals surface area (Å²) in [5.74, 6) is -10.7. The Kier molecular flexibility index (Phi) is 21.4. The standard InChI is InChI=1S/C36H61BN6O14/c1-20(2)18-24(32(52)39-17-9-16-37(56)57)41-34(54)30(36(3,4)5)43(25(44)13-15-27(47)48)35(55)29(21-10-7-6-8-11-21)42-33(53)23(12-14-26(45)46)40-31(51)22(38)19-28(49)50/h20-24,29-30,56-57H,6-19,38H2,1-5H3,(H,39,52)(H,40,51)(H,41,54)(H,42,53)(H,45,46)(H,47,48)(H,49,50)/t22-,23-,24-,29-,30+/m0/s1. The molecule has 11 N–H and O–H groups in total. The van der Waals surface area contributed by atoms with Crippen molar-refractivity contribution in [1.82, 2.24) is 26.2 Å². The summed E-state index contributed by atoms with van der Waals surface area (Å²) in [6.45, 7) is 8.28. The van der Waals surface area contributed by atoms with E-state index in [0.29, 0.717) is 30.6 Å². The third-order valence-electron chi connectivity index (χ3n) is 9.36. The molecule has 0 aromatic heterocycles. The maximum atomic E-state index is 14.9. The maximum Gasteiger partial charge on any atom is 0.451 e. The first-order valence-corrected chi connectivity index (χ1v) is 19.3. The van der Waals surface area contributed by atoms with E-state index in [-0.39, 0.29) is 31.6 Å². The van der Waals surface area contributed by atoms with Crippen LogP contribution >= 0.6 is 0 Å². The molecule has 6 amide bonds. The van der Waals surface area contributed by atoms with Crippen LogP contribution in [-0.2, 0) is 43.2 Å². The second kappa shape index (κ2) is 24.2. The van der Waals surface area contributed by atoms with Gasteiger partial charge in [-0.15, -0.1) is 0 Å². The number of imide groups is 1. The molecule has 0 aliphatic heterocycles. The highest BCUT2D eigenvalue weighted by Gasteiger charge is 2.47. The molecule has 0 spiro atoms. The predicted molar refractivity (Wildman–Crippen MR) is 204 cm³/mol. The lowest BCUT2D eigenvalue weighted by atomic mass is 9.80. The zero-order chi connectivity index (χ0) is 43.6. The number of hydrogen-bond acceptors (Lipinski definition) is 12. The molecular formula is C36H61BN6O14. The van der Waals surface area contributed by atoms with Crippen molar-refractivity contribution in [2.24, 2.45) is 23.0 Å². The maximum absolute atomic E-state index is 14.9. The molecule has 0 unspecified atom stereocenters. The molecule has 21 heteroatoms. The third kappa shape index (κ3) is 18.5. The highest BCUT2D eigenvalue weighted by atomic mass is 16.4. The van der Waals surface area contributed by atoms with Gasteiger partial charge in [0.05, 0.1) is 18.9 Å². The number of rotatable bonds is 24. The molecule has 0 aromatic carbocycles. The Hall–Kier alpha value is -4.63. The van der Waals surface area contributed by atoms with Crippen molar-refractivity contribution < 1.29 is 68.5 Å². The van der Waals surface area contributed by atoms with Crippen LogP contribution in [0.15, 0.2) is 0 Å². The first-order chi connectivity index (χ1) is 26.5. The lowest BCUT2D eigenvalue weighted by molar-refractivity contribution is -0.160. The molecule has 1 aliphatic carbocycles. The number of nitrogens with zero attached hydrogens (tertiary/aromatic N) is 1. The first-order valence-electron chi connectivity index (χ1n) is 19.3. The molecule has 1 saturated carbocycles. The van der Waals surface area contributed by atoms with Gasteiger partial charge in [-0.1, -0.05) is 53.9 Å². The van der Waals surface area contributed by atoms with E-state index in [2.05, 4.69) is 21.3 Å². The average molecular weight is 813 g/mol. The van der Waals surface area contributed by atoms with E-state index < -0.39 is 134 Å². The topological polar surface area (TPSA) is 332 Å². The molecule has 57 heavy (non-hydrogen) atoms. The number of aliphatic carboxylic acids is 3. The van der Waals surface area contributed by atoms with Gasteiger partial charge >= 0.3 is 25.0 Å². The number of carbonyl (C=O) groups excluding carboxylic acids is 6. The zero-order valence-corrected chi connectivity index (χ0v) is 33.5. The highest BCUT2D eigenvalue weighted by Crippen LogP contribution is 2.32. The monoisotopic (exact) mass is 812 g/mol. The van der Waals surface area contributed by atoms with Crippen LogP contribution in [0.4, 0.5) is 0 Å². The Bertz CT molecular complexity index is 1430. The average Bonchev–Trinajstić information content (AvgIpc) is 3.10. The van der Waals surface area contributed by atoms with Crippen LogP contribution in [0.25, 0.3) is 0 Å². The van der Waals surface area contributed by atoms with Gasteiger partial charge in [0.25, 0.3) is 5.91 Å². The van der Waals surface area contributed by atoms with Gasteiger partial charge in [0.1, 0.15) is 24.2 Å². The molecule has 0 heterocycles. The fourth-order valence-corrected chi connectivity index (χ4v) is 6.55. The first kappa shape index (κ1) is 50.4. The fourth-order valence-electron chi connectivity index (χ4n) is 6.55. The van der Waals surface area contributed by atoms with Gasteiger partial charge < -0.3 is 52.4 Å². The molecule has 0 saturated heterocycles. The van der Waals surface area contributed by atoms with Gasteiger partial charge in [-0.25, -0.2) is 0 Å². The normalized spacial score (nSPS) is 15.9. The van der Waals surface area contributed by atoms with Crippen LogP contribution in [0.5, 0.6) is 0 Å². The van der Waals surface area contributed by atoms with Crippen LogP contribution in [0.2, 0.25) is 6.32 Å². The minimum Gasteiger partial charge on any atom is -0.481 e. The second-order valence-corrected chi connectivity index (χ2v) is 16.0. The van der Waals surface area contributed by atoms with Gasteiger partial charge in [-0.2, -0.15) is 0 Å². The summed E-state index contributed by atoms with van der Waals surface area (Å²) < 4.78 is 0. The summed E-state index contributed by atoms with van der Waals surface area (Å²) in [6, 6.07) is -7.62. The van der Waals surface area contributed by atoms with Crippen LogP contribution in [0, 0.1) is 17.3 Å². The lowest BCUT2D eigenvalue weighted by Gasteiger charge is -2.41. The van der Waals surface area contributed by atoms with E-state index in [1.54, 1.807) is 34.6 Å². The number of hydrogen-bond donors (Lipinski definition) is 10. The van der Waals surface area contributed by atoms with Gasteiger partial charge in [-0.05, 0) is 55.7 Å². The summed E-state index contributed by atoms with van der Waals surface area (Å²) >= 11 is 0. The predicted octanol–water partition coefficient (Wildman–Crippen LogP) is -0.652. The van der Waals surface area contributed by atoms with Crippen molar-refractivity contribution >= 4 is 60.5 Å². The van der Waals surface area contributed by atoms with Gasteiger partial charge in [0.2, 0.25) is 29.5 Å². The Morgan fingerprint density at radius 3 is 1.84 bits per heavy atom. The van der Waals surface area contributed by atoms with Crippen molar-refractivity contribution in [3.05, 3.63) is 0 Å². The summed E-state index contributed by atoms with van der Waals surface area (Å²) in [5.41, 5.74) is 4.42. The van der Waals surface area contributed by atoms with Crippen molar-refractivity contribution in [2.75, 3.05) is 6.54 Å². The van der Waals surface area contributed by atoms with Crippen molar-refractivity contribution in [3.63, 3.8) is 0 Å². The van der Waals surface area contributed by atoms with E-state index in [9.17, 15) is 53.4 Å². The molecule has 322 valence electrons. The van der Waals surface area contributed by atoms with Gasteiger partial charge in [0.15, 0.2) is 0 Å². The minimum atomic E-state index is -1.67. The molecule has 1 fully saturated rings. The molecule has 0 bridgehead atoms. The molecule has 20 nitrogen and oxygen atoms in total. The van der Waals surface area contributed by atoms with E-state index in [1.165, 1.54) is 0 Å². The number of amides is 6. The van der Waals surface area contributed by atoms with E-state index in [4.69, 9.17) is 20.9 Å². The fraction of sp³-hybridized carbons (Fsp3) is 0.750. The third-order valence-corrected chi connectivity index (χ3v) is 9.36. The molecule has 5 atom stereocenters. The smallest absolute Gasteiger partial charge is 0.451 e. The van der Waals surface area contributed by atoms with E-state index in [1.807, 2.05) is 0 Å². The number of nitrogens with one attached hydrogen (secondary N) is 4. The zero-order valence-electron chi connectivity index (χ0n) is 33.5. The molecule has 1 aliphatic rings. The number of nitrogens with two attached hydrogens (primary N) is 1. The molecular weight excluding hydrogens is 751 g/mol. The highest BCUT2D eigenvalue weighted by molar-refractivity contribution is 6.40. The van der Waals surface area contributed by atoms with Crippen molar-refractivity contribution in [3.8, 4) is 0 Å². The largest absolute Gasteiger partial charge is 0.481 e. The number of carbonyl (C=O) groups is 9. The summed E-state index contributed by atoms with van der Waals surface area (Å²) in [6.07, 6.45) is -0.287. The second-order valence-electron chi connectivity index (χ2n) is 16.0. The summed E-state index contributed by atoms with van der Waals surface area (Å²) in [7, 11) is -1.58. The SMILES string of the molecule is CC(C)C[C@H](NC(=O)[C@@H](N(C(=O)CCC(=O)O)C(=O)[C@@H](NC(=O)[C@H](CCC(=O)O)NC(=O)[C@@H](N)CC(=O)O)C1CCCCC1)C(C)(C)C)C(=O)NCCCB(O)O. The van der Waals surface area contributed by atoms with Crippen LogP contribution < -0.4 is 27.0 Å². The Morgan fingerprint density at radius 1 is 0.754 bits per heavy atom. The number of carboxylic acid groups (broad SMARTS) is 3. The number of carboxylic acids is 3. The van der Waals surface area contributed by atoms with Gasteiger partial charge in [-0.3, -0.25) is 48.1 Å². The van der Waals surface area contributed by atoms with Crippen LogP contribution in [0.3, 0.4) is 0 Å². The van der Waals surface area contributed by atoms with Crippen LogP contribution in [-0.4, -0.2) is 127 Å². The summed E-state index contributed by atoms with van der Waals surface area (Å²) in [4.78, 5) is 118.